The summed E-state index contributed by atoms with van der Waals surface area (Å²) < 4.78 is 0. The number of nitrogens with one attached hydrogen (secondary N) is 1. The molecule has 2 aromatic carbocycles. The third-order valence-corrected chi connectivity index (χ3v) is 4.76. The fourth-order valence-electron chi connectivity index (χ4n) is 3.66. The van der Waals surface area contributed by atoms with Gasteiger partial charge in [-0.25, -0.2) is 0 Å². The van der Waals surface area contributed by atoms with Crippen LogP contribution in [0.2, 0.25) is 0 Å². The molecule has 1 heterocycles. The van der Waals surface area contributed by atoms with E-state index in [4.69, 9.17) is 0 Å². The van der Waals surface area contributed by atoms with Crippen LogP contribution in [-0.2, 0) is 0 Å². The molecule has 0 amide bonds. The van der Waals surface area contributed by atoms with Crippen molar-refractivity contribution in [2.24, 2.45) is 5.92 Å². The zero-order valence-corrected chi connectivity index (χ0v) is 13.2. The van der Waals surface area contributed by atoms with Crippen molar-refractivity contribution < 1.29 is 5.11 Å². The number of hydrogen-bond acceptors (Lipinski definition) is 2. The van der Waals surface area contributed by atoms with Gasteiger partial charge >= 0.3 is 0 Å². The highest BCUT2D eigenvalue weighted by atomic mass is 16.3. The molecule has 0 saturated carbocycles. The number of rotatable bonds is 4. The molecule has 0 spiro atoms. The number of hydrogen-bond donors (Lipinski definition) is 2. The van der Waals surface area contributed by atoms with E-state index in [2.05, 4.69) is 60.8 Å². The Morgan fingerprint density at radius 2 is 1.55 bits per heavy atom. The van der Waals surface area contributed by atoms with E-state index in [9.17, 15) is 5.11 Å². The van der Waals surface area contributed by atoms with Crippen LogP contribution >= 0.6 is 0 Å². The maximum absolute atomic E-state index is 10.7. The summed E-state index contributed by atoms with van der Waals surface area (Å²) in [7, 11) is 0. The van der Waals surface area contributed by atoms with Crippen molar-refractivity contribution >= 4 is 0 Å². The molecular weight excluding hydrogens is 270 g/mol. The van der Waals surface area contributed by atoms with E-state index < -0.39 is 0 Å². The van der Waals surface area contributed by atoms with Gasteiger partial charge in [0.15, 0.2) is 0 Å². The van der Waals surface area contributed by atoms with E-state index in [1.165, 1.54) is 11.1 Å². The molecule has 0 aliphatic carbocycles. The smallest absolute Gasteiger partial charge is 0.0604 e. The summed E-state index contributed by atoms with van der Waals surface area (Å²) in [4.78, 5) is 0. The Balaban J connectivity index is 1.88. The van der Waals surface area contributed by atoms with Gasteiger partial charge in [-0.1, -0.05) is 74.0 Å². The van der Waals surface area contributed by atoms with Crippen molar-refractivity contribution in [2.45, 2.75) is 44.4 Å². The molecule has 0 radical (unpaired) electrons. The zero-order chi connectivity index (χ0) is 15.4. The zero-order valence-electron chi connectivity index (χ0n) is 13.2. The Morgan fingerprint density at radius 3 is 2.14 bits per heavy atom. The maximum Gasteiger partial charge on any atom is 0.0604 e. The number of benzene rings is 2. The predicted molar refractivity (Wildman–Crippen MR) is 90.5 cm³/mol. The molecule has 1 saturated heterocycles. The largest absolute Gasteiger partial charge is 0.393 e. The highest BCUT2D eigenvalue weighted by Gasteiger charge is 2.37. The highest BCUT2D eigenvalue weighted by molar-refractivity contribution is 5.25. The molecule has 0 bridgehead atoms. The highest BCUT2D eigenvalue weighted by Crippen LogP contribution is 2.39. The summed E-state index contributed by atoms with van der Waals surface area (Å²) in [5, 5.41) is 14.5. The molecule has 3 rings (SSSR count). The van der Waals surface area contributed by atoms with Gasteiger partial charge in [0.1, 0.15) is 0 Å². The van der Waals surface area contributed by atoms with E-state index >= 15 is 0 Å². The van der Waals surface area contributed by atoms with Crippen molar-refractivity contribution in [2.75, 3.05) is 0 Å². The van der Waals surface area contributed by atoms with Crippen molar-refractivity contribution in [3.63, 3.8) is 0 Å². The summed E-state index contributed by atoms with van der Waals surface area (Å²) in [6, 6.07) is 21.4. The fraction of sp³-hybridized carbons (Fsp3) is 0.400. The van der Waals surface area contributed by atoms with Crippen LogP contribution in [0.3, 0.4) is 0 Å². The normalized spacial score (nSPS) is 28.5. The second-order valence-electron chi connectivity index (χ2n) is 6.27. The average Bonchev–Trinajstić information content (AvgIpc) is 2.58. The minimum absolute atomic E-state index is 0.217. The van der Waals surface area contributed by atoms with Gasteiger partial charge in [0.05, 0.1) is 6.10 Å². The Labute approximate surface area is 133 Å². The SMILES string of the molecule is CCC[C@@H]1[C@H](O)C[C@@H](c2ccccc2)N[C@H]1c1ccccc1. The first kappa shape index (κ1) is 15.3. The molecule has 2 N–H and O–H groups in total. The van der Waals surface area contributed by atoms with Gasteiger partial charge in [-0.15, -0.1) is 0 Å². The molecule has 1 aliphatic heterocycles. The molecule has 2 aromatic rings. The molecule has 4 atom stereocenters. The standard InChI is InChI=1S/C20H25NO/c1-2-9-17-19(22)14-18(15-10-5-3-6-11-15)21-20(17)16-12-7-4-8-13-16/h3-8,10-13,17-22H,2,9,14H2,1H3/t17-,18+,19-,20+/m1/s1. The van der Waals surface area contributed by atoms with Crippen molar-refractivity contribution in [1.82, 2.24) is 5.32 Å². The van der Waals surface area contributed by atoms with Crippen LogP contribution in [0.5, 0.6) is 0 Å². The van der Waals surface area contributed by atoms with Crippen molar-refractivity contribution in [3.8, 4) is 0 Å². The van der Waals surface area contributed by atoms with E-state index in [-0.39, 0.29) is 24.1 Å². The van der Waals surface area contributed by atoms with Gasteiger partial charge < -0.3 is 10.4 Å². The molecule has 2 nitrogen and oxygen atoms in total. The molecule has 0 aromatic heterocycles. The quantitative estimate of drug-likeness (QED) is 0.884. The van der Waals surface area contributed by atoms with Crippen LogP contribution in [0.1, 0.15) is 49.4 Å². The third-order valence-electron chi connectivity index (χ3n) is 4.76. The monoisotopic (exact) mass is 295 g/mol. The second kappa shape index (κ2) is 7.08. The fourth-order valence-corrected chi connectivity index (χ4v) is 3.66. The predicted octanol–water partition coefficient (Wildman–Crippen LogP) is 4.24. The first-order valence-corrected chi connectivity index (χ1v) is 8.33. The maximum atomic E-state index is 10.7. The summed E-state index contributed by atoms with van der Waals surface area (Å²) >= 11 is 0. The number of aliphatic hydroxyl groups is 1. The van der Waals surface area contributed by atoms with Crippen molar-refractivity contribution in [1.29, 1.82) is 0 Å². The summed E-state index contributed by atoms with van der Waals surface area (Å²) in [5.74, 6) is 0.285. The van der Waals surface area contributed by atoms with E-state index in [0.29, 0.717) is 0 Å². The molecule has 2 heteroatoms. The first-order chi connectivity index (χ1) is 10.8. The van der Waals surface area contributed by atoms with E-state index in [1.807, 2.05) is 12.1 Å². The Hall–Kier alpha value is -1.64. The molecule has 1 fully saturated rings. The molecule has 1 aliphatic rings. The number of aliphatic hydroxyl groups excluding tert-OH is 1. The minimum Gasteiger partial charge on any atom is -0.393 e. The van der Waals surface area contributed by atoms with Gasteiger partial charge in [-0.2, -0.15) is 0 Å². The Morgan fingerprint density at radius 1 is 0.955 bits per heavy atom. The first-order valence-electron chi connectivity index (χ1n) is 8.33. The molecule has 116 valence electrons. The summed E-state index contributed by atoms with van der Waals surface area (Å²) in [5.41, 5.74) is 2.54. The van der Waals surface area contributed by atoms with Crippen molar-refractivity contribution in [3.05, 3.63) is 71.8 Å². The van der Waals surface area contributed by atoms with Gasteiger partial charge in [0, 0.05) is 18.0 Å². The van der Waals surface area contributed by atoms with Gasteiger partial charge in [-0.3, -0.25) is 0 Å². The van der Waals surface area contributed by atoms with Crippen LogP contribution < -0.4 is 5.32 Å². The Bertz CT molecular complexity index is 569. The third kappa shape index (κ3) is 3.23. The van der Waals surface area contributed by atoms with Crippen LogP contribution in [0.4, 0.5) is 0 Å². The summed E-state index contributed by atoms with van der Waals surface area (Å²) in [6.07, 6.45) is 2.69. The second-order valence-corrected chi connectivity index (χ2v) is 6.27. The lowest BCUT2D eigenvalue weighted by molar-refractivity contribution is 0.0262. The average molecular weight is 295 g/mol. The number of piperidine rings is 1. The van der Waals surface area contributed by atoms with Crippen LogP contribution in [0.25, 0.3) is 0 Å². The van der Waals surface area contributed by atoms with Gasteiger partial charge in [-0.05, 0) is 24.0 Å². The Kier molecular flexibility index (Phi) is 4.91. The van der Waals surface area contributed by atoms with E-state index in [0.717, 1.165) is 19.3 Å². The van der Waals surface area contributed by atoms with Crippen LogP contribution in [-0.4, -0.2) is 11.2 Å². The lowest BCUT2D eigenvalue weighted by Crippen LogP contribution is -2.44. The lowest BCUT2D eigenvalue weighted by Gasteiger charge is -2.41. The molecule has 22 heavy (non-hydrogen) atoms. The minimum atomic E-state index is -0.253. The van der Waals surface area contributed by atoms with Crippen LogP contribution in [0.15, 0.2) is 60.7 Å². The topological polar surface area (TPSA) is 32.3 Å². The van der Waals surface area contributed by atoms with Crippen LogP contribution in [0, 0.1) is 5.92 Å². The molecule has 0 unspecified atom stereocenters. The summed E-state index contributed by atoms with van der Waals surface area (Å²) in [6.45, 7) is 2.19. The van der Waals surface area contributed by atoms with Gasteiger partial charge in [0.25, 0.3) is 0 Å². The van der Waals surface area contributed by atoms with E-state index in [1.54, 1.807) is 0 Å². The lowest BCUT2D eigenvalue weighted by atomic mass is 9.78. The molecular formula is C20H25NO. The van der Waals surface area contributed by atoms with Gasteiger partial charge in [0.2, 0.25) is 0 Å².